The van der Waals surface area contributed by atoms with Crippen LogP contribution in [0.4, 0.5) is 0 Å². The van der Waals surface area contributed by atoms with Gasteiger partial charge in [0.2, 0.25) is 0 Å². The minimum absolute atomic E-state index is 0.588. The van der Waals surface area contributed by atoms with Crippen molar-refractivity contribution in [3.8, 4) is 0 Å². The maximum atomic E-state index is 3.92. The molecule has 0 saturated carbocycles. The summed E-state index contributed by atoms with van der Waals surface area (Å²) in [6, 6.07) is 0.588. The Hall–Kier alpha value is -0.340. The Morgan fingerprint density at radius 2 is 2.08 bits per heavy atom. The fraction of sp³-hybridized carbons (Fsp3) is 0.800. The van der Waals surface area contributed by atoms with Gasteiger partial charge in [-0.15, -0.1) is 6.58 Å². The first-order chi connectivity index (χ1) is 5.56. The van der Waals surface area contributed by atoms with Crippen LogP contribution in [0.25, 0.3) is 0 Å². The summed E-state index contributed by atoms with van der Waals surface area (Å²) in [5, 5.41) is 3.30. The molecule has 0 saturated heterocycles. The van der Waals surface area contributed by atoms with Gasteiger partial charge in [0.25, 0.3) is 0 Å². The molecule has 2 nitrogen and oxygen atoms in total. The van der Waals surface area contributed by atoms with E-state index in [9.17, 15) is 0 Å². The van der Waals surface area contributed by atoms with Crippen LogP contribution in [0.2, 0.25) is 0 Å². The zero-order valence-electron chi connectivity index (χ0n) is 8.85. The normalized spacial score (nSPS) is 13.4. The number of hydrogen-bond acceptors (Lipinski definition) is 2. The first kappa shape index (κ1) is 11.7. The molecule has 0 aromatic carbocycles. The van der Waals surface area contributed by atoms with Crippen LogP contribution in [0.3, 0.4) is 0 Å². The average molecular weight is 170 g/mol. The van der Waals surface area contributed by atoms with Gasteiger partial charge in [-0.25, -0.2) is 0 Å². The molecule has 2 heteroatoms. The molecular formula is C10H22N2. The summed E-state index contributed by atoms with van der Waals surface area (Å²) in [7, 11) is 6.23. The Morgan fingerprint density at radius 1 is 1.50 bits per heavy atom. The zero-order chi connectivity index (χ0) is 9.56. The first-order valence-electron chi connectivity index (χ1n) is 4.52. The molecule has 12 heavy (non-hydrogen) atoms. The third-order valence-corrected chi connectivity index (χ3v) is 1.93. The van der Waals surface area contributed by atoms with Gasteiger partial charge in [-0.05, 0) is 47.5 Å². The number of nitrogens with one attached hydrogen (secondary N) is 1. The highest BCUT2D eigenvalue weighted by molar-refractivity contribution is 4.92. The van der Waals surface area contributed by atoms with Gasteiger partial charge < -0.3 is 10.2 Å². The second-order valence-electron chi connectivity index (χ2n) is 3.74. The van der Waals surface area contributed by atoms with E-state index in [0.29, 0.717) is 6.04 Å². The molecule has 0 aliphatic rings. The topological polar surface area (TPSA) is 15.3 Å². The first-order valence-corrected chi connectivity index (χ1v) is 4.52. The van der Waals surface area contributed by atoms with Crippen molar-refractivity contribution in [2.45, 2.75) is 25.8 Å². The van der Waals surface area contributed by atoms with Crippen LogP contribution >= 0.6 is 0 Å². The molecule has 0 amide bonds. The highest BCUT2D eigenvalue weighted by Crippen LogP contribution is 2.05. The van der Waals surface area contributed by atoms with Crippen LogP contribution in [0, 0.1) is 0 Å². The fourth-order valence-corrected chi connectivity index (χ4v) is 1.18. The van der Waals surface area contributed by atoms with Gasteiger partial charge in [-0.2, -0.15) is 0 Å². The Balaban J connectivity index is 3.60. The van der Waals surface area contributed by atoms with Crippen LogP contribution in [-0.2, 0) is 0 Å². The second-order valence-corrected chi connectivity index (χ2v) is 3.74. The monoisotopic (exact) mass is 170 g/mol. The summed E-state index contributed by atoms with van der Waals surface area (Å²) in [5.74, 6) is 0. The van der Waals surface area contributed by atoms with E-state index in [2.05, 4.69) is 37.8 Å². The van der Waals surface area contributed by atoms with E-state index < -0.39 is 0 Å². The van der Waals surface area contributed by atoms with Crippen molar-refractivity contribution in [3.05, 3.63) is 12.2 Å². The molecule has 0 heterocycles. The molecule has 0 aromatic rings. The van der Waals surface area contributed by atoms with Crippen LogP contribution in [-0.4, -0.2) is 38.6 Å². The van der Waals surface area contributed by atoms with Crippen molar-refractivity contribution in [1.29, 1.82) is 0 Å². The van der Waals surface area contributed by atoms with E-state index in [1.54, 1.807) is 0 Å². The van der Waals surface area contributed by atoms with Crippen LogP contribution in [0.5, 0.6) is 0 Å². The molecule has 0 fully saturated rings. The van der Waals surface area contributed by atoms with Gasteiger partial charge >= 0.3 is 0 Å². The van der Waals surface area contributed by atoms with E-state index in [0.717, 1.165) is 13.0 Å². The summed E-state index contributed by atoms with van der Waals surface area (Å²) in [6.07, 6.45) is 2.28. The Labute approximate surface area is 76.6 Å². The molecular weight excluding hydrogens is 148 g/mol. The average Bonchev–Trinajstić information content (AvgIpc) is 1.97. The van der Waals surface area contributed by atoms with E-state index in [-0.39, 0.29) is 0 Å². The third-order valence-electron chi connectivity index (χ3n) is 1.93. The van der Waals surface area contributed by atoms with Crippen molar-refractivity contribution in [3.63, 3.8) is 0 Å². The maximum absolute atomic E-state index is 3.92. The molecule has 1 unspecified atom stereocenters. The summed E-state index contributed by atoms with van der Waals surface area (Å²) >= 11 is 0. The van der Waals surface area contributed by atoms with Crippen LogP contribution in [0.1, 0.15) is 19.8 Å². The quantitative estimate of drug-likeness (QED) is 0.608. The maximum Gasteiger partial charge on any atom is 0.0113 e. The van der Waals surface area contributed by atoms with Gasteiger partial charge in [0.1, 0.15) is 0 Å². The second kappa shape index (κ2) is 6.21. The number of rotatable bonds is 6. The van der Waals surface area contributed by atoms with E-state index in [4.69, 9.17) is 0 Å². The Kier molecular flexibility index (Phi) is 6.03. The summed E-state index contributed by atoms with van der Waals surface area (Å²) in [6.45, 7) is 7.14. The summed E-state index contributed by atoms with van der Waals surface area (Å²) < 4.78 is 0. The molecule has 0 rings (SSSR count). The highest BCUT2D eigenvalue weighted by atomic mass is 15.1. The Bertz CT molecular complexity index is 130. The lowest BCUT2D eigenvalue weighted by atomic mass is 10.1. The van der Waals surface area contributed by atoms with Crippen molar-refractivity contribution < 1.29 is 0 Å². The summed E-state index contributed by atoms with van der Waals surface area (Å²) in [5.41, 5.74) is 1.26. The van der Waals surface area contributed by atoms with Crippen LogP contribution < -0.4 is 5.32 Å². The minimum atomic E-state index is 0.588. The molecule has 1 atom stereocenters. The van der Waals surface area contributed by atoms with Gasteiger partial charge in [0.15, 0.2) is 0 Å². The molecule has 0 radical (unpaired) electrons. The van der Waals surface area contributed by atoms with Gasteiger partial charge in [-0.3, -0.25) is 0 Å². The van der Waals surface area contributed by atoms with Crippen molar-refractivity contribution >= 4 is 0 Å². The van der Waals surface area contributed by atoms with Crippen molar-refractivity contribution in [1.82, 2.24) is 10.2 Å². The smallest absolute Gasteiger partial charge is 0.0113 e. The predicted octanol–water partition coefficient (Wildman–Crippen LogP) is 1.49. The van der Waals surface area contributed by atoms with Gasteiger partial charge in [0.05, 0.1) is 0 Å². The number of hydrogen-bond donors (Lipinski definition) is 1. The molecule has 72 valence electrons. The molecule has 0 aliphatic heterocycles. The molecule has 1 N–H and O–H groups in total. The molecule has 0 aliphatic carbocycles. The number of nitrogens with zero attached hydrogens (tertiary/aromatic N) is 1. The minimum Gasteiger partial charge on any atom is -0.317 e. The lowest BCUT2D eigenvalue weighted by Crippen LogP contribution is -2.29. The predicted molar refractivity (Wildman–Crippen MR) is 55.4 cm³/mol. The molecule has 0 aromatic heterocycles. The largest absolute Gasteiger partial charge is 0.317 e. The Morgan fingerprint density at radius 3 is 2.42 bits per heavy atom. The zero-order valence-corrected chi connectivity index (χ0v) is 8.85. The van der Waals surface area contributed by atoms with E-state index in [1.165, 1.54) is 12.0 Å². The lowest BCUT2D eigenvalue weighted by molar-refractivity contribution is 0.364. The van der Waals surface area contributed by atoms with Gasteiger partial charge in [0, 0.05) is 6.04 Å². The van der Waals surface area contributed by atoms with E-state index in [1.807, 2.05) is 7.05 Å². The van der Waals surface area contributed by atoms with Crippen molar-refractivity contribution in [2.24, 2.45) is 0 Å². The SMILES string of the molecule is C=C(C)CC(CCN(C)C)NC. The lowest BCUT2D eigenvalue weighted by Gasteiger charge is -2.18. The van der Waals surface area contributed by atoms with E-state index >= 15 is 0 Å². The standard InChI is InChI=1S/C10H22N2/c1-9(2)8-10(11-3)6-7-12(4)5/h10-11H,1,6-8H2,2-5H3. The highest BCUT2D eigenvalue weighted by Gasteiger charge is 2.05. The molecule has 0 bridgehead atoms. The van der Waals surface area contributed by atoms with Crippen molar-refractivity contribution in [2.75, 3.05) is 27.7 Å². The molecule has 0 spiro atoms. The fourth-order valence-electron chi connectivity index (χ4n) is 1.18. The van der Waals surface area contributed by atoms with Crippen LogP contribution in [0.15, 0.2) is 12.2 Å². The third kappa shape index (κ3) is 6.38. The van der Waals surface area contributed by atoms with Gasteiger partial charge in [-0.1, -0.05) is 5.57 Å². The summed E-state index contributed by atoms with van der Waals surface area (Å²) in [4.78, 5) is 2.21.